The first-order valence-corrected chi connectivity index (χ1v) is 7.44. The van der Waals surface area contributed by atoms with Gasteiger partial charge in [0.05, 0.1) is 0 Å². The lowest BCUT2D eigenvalue weighted by atomic mass is 10.1. The van der Waals surface area contributed by atoms with Crippen molar-refractivity contribution in [3.63, 3.8) is 0 Å². The SMILES string of the molecule is CCCNC(C)c1ccc(Oc2ccc(F)cc2)cc1Cl. The highest BCUT2D eigenvalue weighted by Crippen LogP contribution is 2.30. The minimum atomic E-state index is -0.286. The fourth-order valence-electron chi connectivity index (χ4n) is 2.03. The Labute approximate surface area is 129 Å². The van der Waals surface area contributed by atoms with Crippen molar-refractivity contribution < 1.29 is 9.13 Å². The van der Waals surface area contributed by atoms with Gasteiger partial charge in [-0.25, -0.2) is 4.39 Å². The predicted molar refractivity (Wildman–Crippen MR) is 84.6 cm³/mol. The maximum absolute atomic E-state index is 12.8. The van der Waals surface area contributed by atoms with Gasteiger partial charge in [0.15, 0.2) is 0 Å². The van der Waals surface area contributed by atoms with Crippen LogP contribution in [-0.4, -0.2) is 6.54 Å². The number of halogens is 2. The van der Waals surface area contributed by atoms with Crippen LogP contribution in [0, 0.1) is 5.82 Å². The molecular formula is C17H19ClFNO. The summed E-state index contributed by atoms with van der Waals surface area (Å²) in [7, 11) is 0. The molecule has 1 atom stereocenters. The van der Waals surface area contributed by atoms with Crippen molar-refractivity contribution in [2.75, 3.05) is 6.54 Å². The molecule has 0 saturated carbocycles. The van der Waals surface area contributed by atoms with Crippen molar-refractivity contribution in [2.45, 2.75) is 26.3 Å². The molecule has 0 fully saturated rings. The first-order valence-electron chi connectivity index (χ1n) is 7.06. The van der Waals surface area contributed by atoms with Gasteiger partial charge in [-0.3, -0.25) is 0 Å². The van der Waals surface area contributed by atoms with Gasteiger partial charge in [0.25, 0.3) is 0 Å². The molecule has 0 aliphatic rings. The van der Waals surface area contributed by atoms with Crippen molar-refractivity contribution in [1.82, 2.24) is 5.32 Å². The first-order chi connectivity index (χ1) is 10.1. The van der Waals surface area contributed by atoms with Crippen molar-refractivity contribution >= 4 is 11.6 Å². The van der Waals surface area contributed by atoms with E-state index in [1.54, 1.807) is 18.2 Å². The van der Waals surface area contributed by atoms with E-state index in [0.29, 0.717) is 16.5 Å². The maximum Gasteiger partial charge on any atom is 0.128 e. The molecule has 0 aliphatic heterocycles. The third kappa shape index (κ3) is 4.45. The van der Waals surface area contributed by atoms with E-state index in [2.05, 4.69) is 19.2 Å². The highest BCUT2D eigenvalue weighted by Gasteiger charge is 2.10. The zero-order valence-electron chi connectivity index (χ0n) is 12.2. The number of benzene rings is 2. The van der Waals surface area contributed by atoms with Crippen molar-refractivity contribution in [1.29, 1.82) is 0 Å². The van der Waals surface area contributed by atoms with Crippen LogP contribution in [0.15, 0.2) is 42.5 Å². The minimum Gasteiger partial charge on any atom is -0.457 e. The van der Waals surface area contributed by atoms with E-state index in [9.17, 15) is 4.39 Å². The van der Waals surface area contributed by atoms with Gasteiger partial charge in [-0.15, -0.1) is 0 Å². The Morgan fingerprint density at radius 3 is 2.43 bits per heavy atom. The molecule has 1 N–H and O–H groups in total. The van der Waals surface area contributed by atoms with Crippen LogP contribution in [0.25, 0.3) is 0 Å². The fraction of sp³-hybridized carbons (Fsp3) is 0.294. The third-order valence-corrected chi connectivity index (χ3v) is 3.52. The van der Waals surface area contributed by atoms with Crippen LogP contribution in [0.2, 0.25) is 5.02 Å². The molecule has 0 radical (unpaired) electrons. The van der Waals surface area contributed by atoms with Crippen LogP contribution in [-0.2, 0) is 0 Å². The van der Waals surface area contributed by atoms with Crippen molar-refractivity contribution in [3.05, 3.63) is 58.9 Å². The zero-order valence-corrected chi connectivity index (χ0v) is 13.0. The van der Waals surface area contributed by atoms with Crippen LogP contribution in [0.1, 0.15) is 31.9 Å². The second-order valence-electron chi connectivity index (χ2n) is 4.92. The number of nitrogens with one attached hydrogen (secondary N) is 1. The van der Waals surface area contributed by atoms with Crippen LogP contribution in [0.5, 0.6) is 11.5 Å². The van der Waals surface area contributed by atoms with Gasteiger partial charge in [-0.05, 0) is 61.9 Å². The highest BCUT2D eigenvalue weighted by molar-refractivity contribution is 6.31. The van der Waals surface area contributed by atoms with Crippen LogP contribution >= 0.6 is 11.6 Å². The zero-order chi connectivity index (χ0) is 15.2. The predicted octanol–water partition coefficient (Wildman–Crippen LogP) is 5.33. The normalized spacial score (nSPS) is 12.2. The van der Waals surface area contributed by atoms with Crippen molar-refractivity contribution in [2.24, 2.45) is 0 Å². The number of rotatable bonds is 6. The van der Waals surface area contributed by atoms with E-state index in [1.165, 1.54) is 12.1 Å². The number of hydrogen-bond acceptors (Lipinski definition) is 2. The molecular weight excluding hydrogens is 289 g/mol. The Morgan fingerprint density at radius 2 is 1.81 bits per heavy atom. The van der Waals surface area contributed by atoms with E-state index in [1.807, 2.05) is 12.1 Å². The first kappa shape index (κ1) is 15.8. The molecule has 0 spiro atoms. The molecule has 2 rings (SSSR count). The molecule has 0 saturated heterocycles. The van der Waals surface area contributed by atoms with Crippen LogP contribution in [0.4, 0.5) is 4.39 Å². The Hall–Kier alpha value is -1.58. The van der Waals surface area contributed by atoms with Gasteiger partial charge in [0.2, 0.25) is 0 Å². The molecule has 0 amide bonds. The molecule has 21 heavy (non-hydrogen) atoms. The minimum absolute atomic E-state index is 0.192. The van der Waals surface area contributed by atoms with Gasteiger partial charge < -0.3 is 10.1 Å². The molecule has 0 aliphatic carbocycles. The topological polar surface area (TPSA) is 21.3 Å². The Morgan fingerprint density at radius 1 is 1.14 bits per heavy atom. The summed E-state index contributed by atoms with van der Waals surface area (Å²) in [5.74, 6) is 0.932. The monoisotopic (exact) mass is 307 g/mol. The summed E-state index contributed by atoms with van der Waals surface area (Å²) in [5, 5.41) is 4.06. The smallest absolute Gasteiger partial charge is 0.128 e. The largest absolute Gasteiger partial charge is 0.457 e. The average Bonchev–Trinajstić information content (AvgIpc) is 2.47. The molecule has 2 aromatic carbocycles. The Bertz CT molecular complexity index is 586. The van der Waals surface area contributed by atoms with E-state index < -0.39 is 0 Å². The molecule has 112 valence electrons. The second kappa shape index (κ2) is 7.43. The number of hydrogen-bond donors (Lipinski definition) is 1. The standard InChI is InChI=1S/C17H19ClFNO/c1-3-10-20-12(2)16-9-8-15(11-17(16)18)21-14-6-4-13(19)5-7-14/h4-9,11-12,20H,3,10H2,1-2H3. The van der Waals surface area contributed by atoms with Gasteiger partial charge in [0, 0.05) is 11.1 Å². The molecule has 0 heterocycles. The van der Waals surface area contributed by atoms with Crippen LogP contribution in [0.3, 0.4) is 0 Å². The summed E-state index contributed by atoms with van der Waals surface area (Å²) >= 11 is 6.31. The lowest BCUT2D eigenvalue weighted by Crippen LogP contribution is -2.19. The average molecular weight is 308 g/mol. The fourth-order valence-corrected chi connectivity index (χ4v) is 2.37. The Balaban J connectivity index is 2.09. The summed E-state index contributed by atoms with van der Waals surface area (Å²) < 4.78 is 18.5. The molecule has 2 aromatic rings. The van der Waals surface area contributed by atoms with E-state index in [4.69, 9.17) is 16.3 Å². The molecule has 4 heteroatoms. The van der Waals surface area contributed by atoms with Crippen LogP contribution < -0.4 is 10.1 Å². The number of ether oxygens (including phenoxy) is 1. The summed E-state index contributed by atoms with van der Waals surface area (Å²) in [6.07, 6.45) is 1.08. The van der Waals surface area contributed by atoms with Gasteiger partial charge in [0.1, 0.15) is 17.3 Å². The molecule has 1 unspecified atom stereocenters. The molecule has 2 nitrogen and oxygen atoms in total. The summed E-state index contributed by atoms with van der Waals surface area (Å²) in [6.45, 7) is 5.16. The molecule has 0 aromatic heterocycles. The van der Waals surface area contributed by atoms with E-state index in [-0.39, 0.29) is 11.9 Å². The summed E-state index contributed by atoms with van der Waals surface area (Å²) in [4.78, 5) is 0. The summed E-state index contributed by atoms with van der Waals surface area (Å²) in [6, 6.07) is 11.7. The van der Waals surface area contributed by atoms with Gasteiger partial charge in [-0.1, -0.05) is 24.6 Å². The quantitative estimate of drug-likeness (QED) is 0.778. The van der Waals surface area contributed by atoms with Gasteiger partial charge >= 0.3 is 0 Å². The Kier molecular flexibility index (Phi) is 5.59. The van der Waals surface area contributed by atoms with Gasteiger partial charge in [-0.2, -0.15) is 0 Å². The third-order valence-electron chi connectivity index (χ3n) is 3.19. The second-order valence-corrected chi connectivity index (χ2v) is 5.32. The lowest BCUT2D eigenvalue weighted by molar-refractivity contribution is 0.479. The lowest BCUT2D eigenvalue weighted by Gasteiger charge is -2.16. The van der Waals surface area contributed by atoms with E-state index >= 15 is 0 Å². The van der Waals surface area contributed by atoms with E-state index in [0.717, 1.165) is 18.5 Å². The maximum atomic E-state index is 12.8. The highest BCUT2D eigenvalue weighted by atomic mass is 35.5. The molecule has 0 bridgehead atoms. The summed E-state index contributed by atoms with van der Waals surface area (Å²) in [5.41, 5.74) is 1.04. The van der Waals surface area contributed by atoms with Crippen molar-refractivity contribution in [3.8, 4) is 11.5 Å².